The molecule has 0 fully saturated rings. The number of carbonyl (C=O) groups is 1. The average Bonchev–Trinajstić information content (AvgIpc) is 3.33. The van der Waals surface area contributed by atoms with Crippen LogP contribution in [-0.2, 0) is 9.53 Å². The lowest BCUT2D eigenvalue weighted by atomic mass is 10.2. The van der Waals surface area contributed by atoms with Gasteiger partial charge in [-0.3, -0.25) is 4.79 Å². The normalized spacial score (nSPS) is 12.3. The van der Waals surface area contributed by atoms with Crippen molar-refractivity contribution in [3.8, 4) is 17.3 Å². The number of halogens is 3. The van der Waals surface area contributed by atoms with Crippen LogP contribution in [0.5, 0.6) is 5.75 Å². The van der Waals surface area contributed by atoms with Crippen LogP contribution in [0.25, 0.3) is 33.5 Å². The highest BCUT2D eigenvalue weighted by Gasteiger charge is 2.20. The molecule has 11 heteroatoms. The van der Waals surface area contributed by atoms with Crippen LogP contribution in [0.3, 0.4) is 0 Å². The van der Waals surface area contributed by atoms with Gasteiger partial charge in [-0.15, -0.1) is 0 Å². The second-order valence-corrected chi connectivity index (χ2v) is 10.6. The van der Waals surface area contributed by atoms with Gasteiger partial charge in [0.2, 0.25) is 5.82 Å². The number of fused-ring (bicyclic) bond motifs is 2. The lowest BCUT2D eigenvalue weighted by molar-refractivity contribution is -0.150. The van der Waals surface area contributed by atoms with Gasteiger partial charge >= 0.3 is 5.97 Å². The third-order valence-corrected chi connectivity index (χ3v) is 7.07. The molecule has 0 saturated heterocycles. The molecule has 39 heavy (non-hydrogen) atoms. The number of aromatic nitrogens is 2. The number of rotatable bonds is 7. The van der Waals surface area contributed by atoms with Gasteiger partial charge in [-0.2, -0.15) is 9.78 Å². The van der Waals surface area contributed by atoms with Crippen LogP contribution in [0.1, 0.15) is 19.4 Å². The molecule has 1 atom stereocenters. The van der Waals surface area contributed by atoms with E-state index in [0.717, 1.165) is 9.86 Å². The standard InChI is InChI=1S/C28H20Br2ClN3O5/c1-3-37-28(36)15(2)38-25-20(30)10-16(11-21(25)31)14-32-34-26(33-22-7-5-4-6-19(22)27(34)35)24-13-17-12-18(29)8-9-23(17)39-24/h4-15H,3H2,1-2H3/t15-/m1/s1. The van der Waals surface area contributed by atoms with Gasteiger partial charge in [0.1, 0.15) is 5.58 Å². The lowest BCUT2D eigenvalue weighted by Gasteiger charge is -2.16. The topological polar surface area (TPSA) is 95.9 Å². The molecule has 2 heterocycles. The molecule has 0 aliphatic rings. The van der Waals surface area contributed by atoms with Crippen LogP contribution in [0.4, 0.5) is 0 Å². The first-order chi connectivity index (χ1) is 18.7. The first-order valence-corrected chi connectivity index (χ1v) is 13.8. The molecule has 0 spiro atoms. The molecule has 198 valence electrons. The summed E-state index contributed by atoms with van der Waals surface area (Å²) in [5.41, 5.74) is 1.38. The Bertz CT molecular complexity index is 1790. The van der Waals surface area contributed by atoms with Crippen LogP contribution in [0, 0.1) is 0 Å². The molecule has 0 aliphatic heterocycles. The van der Waals surface area contributed by atoms with E-state index in [4.69, 9.17) is 30.5 Å². The largest absolute Gasteiger partial charge is 0.476 e. The number of furan rings is 1. The third-order valence-electron chi connectivity index (χ3n) is 5.71. The zero-order valence-electron chi connectivity index (χ0n) is 20.7. The predicted molar refractivity (Wildman–Crippen MR) is 158 cm³/mol. The Hall–Kier alpha value is -3.47. The monoisotopic (exact) mass is 671 g/mol. The van der Waals surface area contributed by atoms with E-state index in [-0.39, 0.29) is 28.8 Å². The fraction of sp³-hybridized carbons (Fsp3) is 0.143. The second-order valence-electron chi connectivity index (χ2n) is 8.43. The molecule has 2 aromatic heterocycles. The van der Waals surface area contributed by atoms with Crippen molar-refractivity contribution in [2.45, 2.75) is 20.0 Å². The van der Waals surface area contributed by atoms with Crippen LogP contribution in [0.2, 0.25) is 5.02 Å². The molecule has 3 aromatic carbocycles. The molecule has 5 aromatic rings. The molecule has 0 N–H and O–H groups in total. The summed E-state index contributed by atoms with van der Waals surface area (Å²) in [5, 5.41) is 5.97. The van der Waals surface area contributed by atoms with Crippen molar-refractivity contribution in [2.75, 3.05) is 6.61 Å². The second kappa shape index (κ2) is 11.3. The Morgan fingerprint density at radius 3 is 2.74 bits per heavy atom. The number of hydrogen-bond acceptors (Lipinski definition) is 7. The molecule has 0 bridgehead atoms. The van der Waals surface area contributed by atoms with E-state index in [2.05, 4.69) is 37.0 Å². The maximum atomic E-state index is 13.5. The SMILES string of the molecule is CCOC(=O)[C@@H](C)Oc1c(Cl)cc(C=Nn2c(-c3cc4cc(Br)ccc4o3)nc3ccccc3c2=O)cc1Br. The Morgan fingerprint density at radius 2 is 1.97 bits per heavy atom. The maximum absolute atomic E-state index is 13.5. The average molecular weight is 674 g/mol. The van der Waals surface area contributed by atoms with Crippen molar-refractivity contribution in [3.63, 3.8) is 0 Å². The summed E-state index contributed by atoms with van der Waals surface area (Å²) in [6.45, 7) is 3.54. The molecular weight excluding hydrogens is 654 g/mol. The Morgan fingerprint density at radius 1 is 1.18 bits per heavy atom. The van der Waals surface area contributed by atoms with E-state index in [1.54, 1.807) is 44.2 Å². The van der Waals surface area contributed by atoms with Crippen molar-refractivity contribution in [2.24, 2.45) is 5.10 Å². The molecule has 0 aliphatic carbocycles. The highest BCUT2D eigenvalue weighted by Crippen LogP contribution is 2.35. The van der Waals surface area contributed by atoms with Gasteiger partial charge in [-0.1, -0.05) is 39.7 Å². The van der Waals surface area contributed by atoms with Crippen molar-refractivity contribution < 1.29 is 18.7 Å². The van der Waals surface area contributed by atoms with Crippen molar-refractivity contribution in [3.05, 3.63) is 90.5 Å². The van der Waals surface area contributed by atoms with Crippen molar-refractivity contribution in [1.82, 2.24) is 9.66 Å². The highest BCUT2D eigenvalue weighted by atomic mass is 79.9. The van der Waals surface area contributed by atoms with Gasteiger partial charge in [0, 0.05) is 9.86 Å². The minimum Gasteiger partial charge on any atom is -0.476 e. The van der Waals surface area contributed by atoms with E-state index < -0.39 is 12.1 Å². The van der Waals surface area contributed by atoms with Crippen LogP contribution >= 0.6 is 43.5 Å². The minimum atomic E-state index is -0.854. The fourth-order valence-electron chi connectivity index (χ4n) is 3.89. The molecule has 8 nitrogen and oxygen atoms in total. The first kappa shape index (κ1) is 27.1. The summed E-state index contributed by atoms with van der Waals surface area (Å²) in [5.74, 6) is 0.419. The summed E-state index contributed by atoms with van der Waals surface area (Å²) in [7, 11) is 0. The highest BCUT2D eigenvalue weighted by molar-refractivity contribution is 9.10. The van der Waals surface area contributed by atoms with Gasteiger partial charge < -0.3 is 13.9 Å². The van der Waals surface area contributed by atoms with Gasteiger partial charge in [0.25, 0.3) is 5.56 Å². The Kier molecular flexibility index (Phi) is 7.88. The van der Waals surface area contributed by atoms with Crippen molar-refractivity contribution >= 4 is 77.5 Å². The number of para-hydroxylation sites is 1. The zero-order valence-corrected chi connectivity index (χ0v) is 24.6. The van der Waals surface area contributed by atoms with Gasteiger partial charge in [0.05, 0.1) is 33.2 Å². The van der Waals surface area contributed by atoms with Gasteiger partial charge in [0.15, 0.2) is 17.6 Å². The number of ether oxygens (including phenoxy) is 2. The summed E-state index contributed by atoms with van der Waals surface area (Å²) in [4.78, 5) is 30.2. The summed E-state index contributed by atoms with van der Waals surface area (Å²) >= 11 is 13.4. The Balaban J connectivity index is 1.56. The van der Waals surface area contributed by atoms with E-state index in [1.165, 1.54) is 10.9 Å². The van der Waals surface area contributed by atoms with Crippen molar-refractivity contribution in [1.29, 1.82) is 0 Å². The summed E-state index contributed by atoms with van der Waals surface area (Å²) < 4.78 is 19.3. The van der Waals surface area contributed by atoms with Gasteiger partial charge in [-0.25, -0.2) is 9.78 Å². The number of nitrogens with zero attached hydrogens (tertiary/aromatic N) is 3. The maximum Gasteiger partial charge on any atom is 0.347 e. The van der Waals surface area contributed by atoms with Crippen LogP contribution < -0.4 is 10.3 Å². The lowest BCUT2D eigenvalue weighted by Crippen LogP contribution is -2.26. The predicted octanol–water partition coefficient (Wildman–Crippen LogP) is 7.20. The van der Waals surface area contributed by atoms with E-state index in [1.807, 2.05) is 30.3 Å². The molecule has 0 unspecified atom stereocenters. The number of carbonyl (C=O) groups excluding carboxylic acids is 1. The fourth-order valence-corrected chi connectivity index (χ4v) is 5.23. The number of hydrogen-bond donors (Lipinski definition) is 0. The molecular formula is C28H20Br2ClN3O5. The third kappa shape index (κ3) is 5.63. The molecule has 5 rings (SSSR count). The molecule has 0 radical (unpaired) electrons. The minimum absolute atomic E-state index is 0.243. The van der Waals surface area contributed by atoms with E-state index >= 15 is 0 Å². The van der Waals surface area contributed by atoms with E-state index in [9.17, 15) is 9.59 Å². The quantitative estimate of drug-likeness (QED) is 0.134. The smallest absolute Gasteiger partial charge is 0.347 e. The number of esters is 1. The molecule has 0 amide bonds. The van der Waals surface area contributed by atoms with E-state index in [0.29, 0.717) is 32.3 Å². The molecule has 0 saturated carbocycles. The van der Waals surface area contributed by atoms with Gasteiger partial charge in [-0.05, 0) is 83.9 Å². The van der Waals surface area contributed by atoms with Crippen LogP contribution in [-0.4, -0.2) is 34.6 Å². The Labute approximate surface area is 244 Å². The van der Waals surface area contributed by atoms with Crippen LogP contribution in [0.15, 0.2) is 83.9 Å². The summed E-state index contributed by atoms with van der Waals surface area (Å²) in [6, 6.07) is 17.8. The number of benzene rings is 3. The summed E-state index contributed by atoms with van der Waals surface area (Å²) in [6.07, 6.45) is 0.628. The first-order valence-electron chi connectivity index (χ1n) is 11.8. The zero-order chi connectivity index (χ0) is 27.7.